The van der Waals surface area contributed by atoms with Gasteiger partial charge in [0, 0.05) is 43.6 Å². The van der Waals surface area contributed by atoms with Crippen molar-refractivity contribution in [2.45, 2.75) is 135 Å². The molecule has 58 heavy (non-hydrogen) atoms. The minimum absolute atomic E-state index is 0.0887. The molecular weight excluding hydrogens is 748 g/mol. The van der Waals surface area contributed by atoms with Crippen LogP contribution >= 0.6 is 0 Å². The summed E-state index contributed by atoms with van der Waals surface area (Å²) in [6.45, 7) is 14.3. The number of carbonyl (C=O) groups is 4. The van der Waals surface area contributed by atoms with E-state index in [1.807, 2.05) is 50.2 Å². The van der Waals surface area contributed by atoms with Crippen molar-refractivity contribution in [3.8, 4) is 11.4 Å². The van der Waals surface area contributed by atoms with Crippen LogP contribution in [0.2, 0.25) is 0 Å². The molecule has 3 saturated heterocycles. The van der Waals surface area contributed by atoms with Gasteiger partial charge in [0.1, 0.15) is 29.6 Å². The lowest BCUT2D eigenvalue weighted by atomic mass is 9.73. The van der Waals surface area contributed by atoms with Crippen molar-refractivity contribution in [3.63, 3.8) is 0 Å². The van der Waals surface area contributed by atoms with Gasteiger partial charge in [0.15, 0.2) is 17.7 Å². The molecule has 0 aliphatic carbocycles. The SMILES string of the molecule is CC[C@H]1OC(=O)[C@H](C)C(=O)[C@H](C)[C@@H](O[C@@H]2OC(C)CC(N(C)C)C2O)[C@](C)(OC)C[C@@H](C)C(=O)[C@H](C)[C@H]2N(C/C=C/Cn3cc(-c4ccccn4)nn3)C(=O)O[C@]12C. The van der Waals surface area contributed by atoms with Gasteiger partial charge in [0.2, 0.25) is 0 Å². The maximum Gasteiger partial charge on any atom is 0.411 e. The molecule has 3 fully saturated rings. The van der Waals surface area contributed by atoms with Crippen LogP contribution in [0.3, 0.4) is 0 Å². The number of aromatic nitrogens is 4. The third-order valence-corrected chi connectivity index (χ3v) is 12.4. The second-order valence-corrected chi connectivity index (χ2v) is 16.8. The molecule has 2 aromatic rings. The second kappa shape index (κ2) is 18.4. The smallest absolute Gasteiger partial charge is 0.411 e. The summed E-state index contributed by atoms with van der Waals surface area (Å²) in [5, 5.41) is 19.8. The van der Waals surface area contributed by atoms with Gasteiger partial charge in [-0.1, -0.05) is 51.1 Å². The highest BCUT2D eigenvalue weighted by atomic mass is 16.7. The van der Waals surface area contributed by atoms with E-state index >= 15 is 0 Å². The van der Waals surface area contributed by atoms with E-state index in [9.17, 15) is 24.3 Å². The van der Waals surface area contributed by atoms with E-state index in [4.69, 9.17) is 23.7 Å². The van der Waals surface area contributed by atoms with E-state index in [2.05, 4.69) is 15.3 Å². The number of cyclic esters (lactones) is 1. The van der Waals surface area contributed by atoms with Crippen molar-refractivity contribution in [1.82, 2.24) is 29.8 Å². The number of hydrogen-bond donors (Lipinski definition) is 1. The predicted octanol–water partition coefficient (Wildman–Crippen LogP) is 4.10. The number of rotatable bonds is 10. The van der Waals surface area contributed by atoms with Crippen LogP contribution in [-0.2, 0) is 44.6 Å². The number of amides is 1. The van der Waals surface area contributed by atoms with Crippen molar-refractivity contribution in [2.24, 2.45) is 23.7 Å². The Morgan fingerprint density at radius 2 is 1.71 bits per heavy atom. The monoisotopic (exact) mass is 810 g/mol. The topological polar surface area (TPSA) is 185 Å². The lowest BCUT2D eigenvalue weighted by Crippen LogP contribution is -2.60. The Hall–Kier alpha value is -4.09. The summed E-state index contributed by atoms with van der Waals surface area (Å²) >= 11 is 0. The summed E-state index contributed by atoms with van der Waals surface area (Å²) in [5.41, 5.74) is -1.42. The largest absolute Gasteiger partial charge is 0.458 e. The maximum atomic E-state index is 14.7. The number of likely N-dealkylation sites (N-methyl/N-ethyl adjacent to an activating group) is 1. The van der Waals surface area contributed by atoms with Crippen molar-refractivity contribution in [3.05, 3.63) is 42.7 Å². The Morgan fingerprint density at radius 1 is 1.00 bits per heavy atom. The van der Waals surface area contributed by atoms with Crippen molar-refractivity contribution in [2.75, 3.05) is 27.7 Å². The predicted molar refractivity (Wildman–Crippen MR) is 212 cm³/mol. The van der Waals surface area contributed by atoms with E-state index in [1.165, 1.54) is 18.9 Å². The normalized spacial score (nSPS) is 36.8. The van der Waals surface area contributed by atoms with Gasteiger partial charge in [0.25, 0.3) is 0 Å². The first-order valence-electron chi connectivity index (χ1n) is 20.3. The van der Waals surface area contributed by atoms with Gasteiger partial charge in [-0.3, -0.25) is 24.3 Å². The van der Waals surface area contributed by atoms with E-state index in [0.29, 0.717) is 24.4 Å². The number of hydrogen-bond acceptors (Lipinski definition) is 14. The summed E-state index contributed by atoms with van der Waals surface area (Å²) in [4.78, 5) is 64.4. The quantitative estimate of drug-likeness (QED) is 0.206. The molecule has 0 spiro atoms. The fraction of sp³-hybridized carbons (Fsp3) is 0.690. The molecule has 5 rings (SSSR count). The highest BCUT2D eigenvalue weighted by molar-refractivity contribution is 6.00. The van der Waals surface area contributed by atoms with Crippen molar-refractivity contribution >= 4 is 23.6 Å². The average molecular weight is 811 g/mol. The number of methoxy groups -OCH3 is 1. The summed E-state index contributed by atoms with van der Waals surface area (Å²) < 4.78 is 32.7. The van der Waals surface area contributed by atoms with Crippen LogP contribution in [0.15, 0.2) is 42.7 Å². The Labute approximate surface area is 341 Å². The molecule has 0 radical (unpaired) electrons. The zero-order valence-electron chi connectivity index (χ0n) is 35.7. The Morgan fingerprint density at radius 3 is 2.34 bits per heavy atom. The molecule has 3 aliphatic heterocycles. The first kappa shape index (κ1) is 45.0. The molecule has 320 valence electrons. The standard InChI is InChI=1S/C42H62N6O10/c1-12-32-42(8)36(48(40(53)58-42)20-16-15-19-47-23-30(44-45-47)29-17-13-14-18-43-29)26(4)33(49)24(2)22-41(7,54-11)37(27(5)34(50)28(6)38(52)56-32)57-39-35(51)31(46(9)10)21-25(3)55-39/h13-18,23-28,31-32,35-37,39,51H,12,19-22H2,1-11H3/b16-15+/t24-,25?,26+,27+,28-,31?,32-,35?,36-,37-,39+,41-,42-/m1/s1. The molecule has 1 amide bonds. The fourth-order valence-electron chi connectivity index (χ4n) is 9.06. The number of Topliss-reactive ketones (excluding diaryl/α,β-unsaturated/α-hetero) is 2. The number of ketones is 2. The van der Waals surface area contributed by atoms with Gasteiger partial charge in [-0.05, 0) is 73.2 Å². The third kappa shape index (κ3) is 9.20. The molecule has 3 unspecified atom stereocenters. The number of allylic oxidation sites excluding steroid dienone is 1. The minimum Gasteiger partial charge on any atom is -0.458 e. The molecule has 0 saturated carbocycles. The first-order chi connectivity index (χ1) is 27.4. The molecule has 0 aromatic carbocycles. The van der Waals surface area contributed by atoms with Crippen LogP contribution in [-0.4, -0.2) is 140 Å². The lowest BCUT2D eigenvalue weighted by Gasteiger charge is -2.47. The van der Waals surface area contributed by atoms with Gasteiger partial charge in [0.05, 0.1) is 42.3 Å². The van der Waals surface area contributed by atoms with Gasteiger partial charge in [-0.15, -0.1) is 5.10 Å². The number of ether oxygens (including phenoxy) is 5. The molecule has 2 aromatic heterocycles. The molecule has 5 heterocycles. The van der Waals surface area contributed by atoms with E-state index in [-0.39, 0.29) is 37.3 Å². The van der Waals surface area contributed by atoms with Gasteiger partial charge < -0.3 is 33.7 Å². The van der Waals surface area contributed by atoms with Crippen LogP contribution in [0, 0.1) is 23.7 Å². The molecule has 1 N–H and O–H groups in total. The number of pyridine rings is 1. The molecule has 16 nitrogen and oxygen atoms in total. The fourth-order valence-corrected chi connectivity index (χ4v) is 9.06. The van der Waals surface area contributed by atoms with E-state index in [1.54, 1.807) is 64.7 Å². The van der Waals surface area contributed by atoms with Gasteiger partial charge >= 0.3 is 12.1 Å². The lowest BCUT2D eigenvalue weighted by molar-refractivity contribution is -0.295. The minimum atomic E-state index is -1.45. The van der Waals surface area contributed by atoms with Crippen LogP contribution < -0.4 is 0 Å². The molecular formula is C42H62N6O10. The van der Waals surface area contributed by atoms with Crippen molar-refractivity contribution in [1.29, 1.82) is 0 Å². The number of aliphatic hydroxyl groups excluding tert-OH is 1. The van der Waals surface area contributed by atoms with E-state index in [0.717, 1.165) is 0 Å². The summed E-state index contributed by atoms with van der Waals surface area (Å²) in [6, 6.07) is 4.39. The van der Waals surface area contributed by atoms with Crippen LogP contribution in [0.4, 0.5) is 4.79 Å². The molecule has 0 bridgehead atoms. The maximum absolute atomic E-state index is 14.7. The average Bonchev–Trinajstić information content (AvgIpc) is 3.78. The van der Waals surface area contributed by atoms with Gasteiger partial charge in [-0.25, -0.2) is 9.48 Å². The molecule has 13 atom stereocenters. The number of nitrogens with zero attached hydrogens (tertiary/aromatic N) is 6. The number of aliphatic hydroxyl groups is 1. The summed E-state index contributed by atoms with van der Waals surface area (Å²) in [5.74, 6) is -5.13. The summed E-state index contributed by atoms with van der Waals surface area (Å²) in [6.07, 6.45) is 2.83. The number of fused-ring (bicyclic) bond motifs is 1. The second-order valence-electron chi connectivity index (χ2n) is 16.8. The number of carbonyl (C=O) groups excluding carboxylic acids is 4. The Kier molecular flexibility index (Phi) is 14.3. The zero-order chi connectivity index (χ0) is 42.7. The highest BCUT2D eigenvalue weighted by Crippen LogP contribution is 2.43. The van der Waals surface area contributed by atoms with Crippen molar-refractivity contribution < 1.29 is 48.0 Å². The van der Waals surface area contributed by atoms with Crippen LogP contribution in [0.1, 0.15) is 74.7 Å². The highest BCUT2D eigenvalue weighted by Gasteiger charge is 2.60. The third-order valence-electron chi connectivity index (χ3n) is 12.4. The Bertz CT molecular complexity index is 1790. The molecule has 3 aliphatic rings. The zero-order valence-corrected chi connectivity index (χ0v) is 35.7. The number of esters is 1. The van der Waals surface area contributed by atoms with Crippen LogP contribution in [0.25, 0.3) is 11.4 Å². The first-order valence-corrected chi connectivity index (χ1v) is 20.3. The summed E-state index contributed by atoms with van der Waals surface area (Å²) in [7, 11) is 5.22. The molecule has 16 heteroatoms. The van der Waals surface area contributed by atoms with E-state index < -0.39 is 83.4 Å². The van der Waals surface area contributed by atoms with Crippen LogP contribution in [0.5, 0.6) is 0 Å². The van der Waals surface area contributed by atoms with Gasteiger partial charge in [-0.2, -0.15) is 0 Å². The Balaban J connectivity index is 1.46.